The standard InChI is InChI=1S/C19H17N3O.C2HF3O2/c1-12-2-8-17(9-3-12)22-19(23)16-7-5-13-10-15(18(20)21)6-4-14(13)11-16;3-2(4,5)1(6)7/h2-11H,1H3,(H3,20,21)(H,22,23);(H,6,7). The first kappa shape index (κ1) is 22.4. The molecule has 0 spiro atoms. The van der Waals surface area contributed by atoms with Crippen LogP contribution < -0.4 is 11.1 Å². The van der Waals surface area contributed by atoms with E-state index in [1.54, 1.807) is 12.1 Å². The van der Waals surface area contributed by atoms with Crippen LogP contribution in [0.2, 0.25) is 0 Å². The lowest BCUT2D eigenvalue weighted by Gasteiger charge is -2.07. The molecule has 0 radical (unpaired) electrons. The molecule has 9 heteroatoms. The van der Waals surface area contributed by atoms with Crippen LogP contribution in [0.1, 0.15) is 21.5 Å². The second kappa shape index (κ2) is 9.08. The molecule has 0 bridgehead atoms. The van der Waals surface area contributed by atoms with E-state index in [1.807, 2.05) is 55.5 Å². The zero-order valence-electron chi connectivity index (χ0n) is 15.7. The fraction of sp³-hybridized carbons (Fsp3) is 0.0952. The van der Waals surface area contributed by atoms with Gasteiger partial charge in [-0.3, -0.25) is 10.2 Å². The number of nitrogens with two attached hydrogens (primary N) is 1. The lowest BCUT2D eigenvalue weighted by atomic mass is 10.0. The molecule has 0 aromatic heterocycles. The van der Waals surface area contributed by atoms with Crippen molar-refractivity contribution in [1.82, 2.24) is 0 Å². The van der Waals surface area contributed by atoms with Crippen molar-refractivity contribution in [2.45, 2.75) is 13.1 Å². The Morgan fingerprint density at radius 3 is 1.87 bits per heavy atom. The summed E-state index contributed by atoms with van der Waals surface area (Å²) in [5, 5.41) is 19.4. The number of nitrogens with one attached hydrogen (secondary N) is 2. The number of rotatable bonds is 3. The molecular formula is C21H18F3N3O3. The number of hydrogen-bond acceptors (Lipinski definition) is 3. The summed E-state index contributed by atoms with van der Waals surface area (Å²) in [6, 6.07) is 18.7. The molecule has 3 aromatic carbocycles. The summed E-state index contributed by atoms with van der Waals surface area (Å²) in [6.45, 7) is 2.00. The first-order chi connectivity index (χ1) is 14.0. The molecule has 5 N–H and O–H groups in total. The van der Waals surface area contributed by atoms with Gasteiger partial charge in [0.05, 0.1) is 0 Å². The second-order valence-corrected chi connectivity index (χ2v) is 6.31. The number of benzene rings is 3. The topological polar surface area (TPSA) is 116 Å². The summed E-state index contributed by atoms with van der Waals surface area (Å²) in [5.74, 6) is -2.87. The molecule has 0 aliphatic rings. The first-order valence-corrected chi connectivity index (χ1v) is 8.53. The Bertz CT molecular complexity index is 1090. The molecule has 0 fully saturated rings. The van der Waals surface area contributed by atoms with E-state index in [4.69, 9.17) is 21.0 Å². The molecule has 0 saturated carbocycles. The number of alkyl halides is 3. The highest BCUT2D eigenvalue weighted by atomic mass is 19.4. The smallest absolute Gasteiger partial charge is 0.475 e. The van der Waals surface area contributed by atoms with Crippen LogP contribution in [0.25, 0.3) is 10.8 Å². The number of halogens is 3. The van der Waals surface area contributed by atoms with Crippen molar-refractivity contribution in [2.75, 3.05) is 5.32 Å². The summed E-state index contributed by atoms with van der Waals surface area (Å²) < 4.78 is 31.7. The van der Waals surface area contributed by atoms with E-state index in [2.05, 4.69) is 5.32 Å². The van der Waals surface area contributed by atoms with Crippen molar-refractivity contribution in [3.63, 3.8) is 0 Å². The summed E-state index contributed by atoms with van der Waals surface area (Å²) >= 11 is 0. The largest absolute Gasteiger partial charge is 0.490 e. The minimum atomic E-state index is -5.08. The van der Waals surface area contributed by atoms with Gasteiger partial charge in [-0.1, -0.05) is 35.9 Å². The molecular weight excluding hydrogens is 399 g/mol. The summed E-state index contributed by atoms with van der Waals surface area (Å²) in [5.41, 5.74) is 8.68. The van der Waals surface area contributed by atoms with Gasteiger partial charge in [-0.25, -0.2) is 4.79 Å². The van der Waals surface area contributed by atoms with Crippen LogP contribution in [-0.2, 0) is 4.79 Å². The van der Waals surface area contributed by atoms with Crippen LogP contribution in [0.3, 0.4) is 0 Å². The van der Waals surface area contributed by atoms with Crippen molar-refractivity contribution in [2.24, 2.45) is 5.73 Å². The van der Waals surface area contributed by atoms with Gasteiger partial charge in [0.25, 0.3) is 5.91 Å². The summed E-state index contributed by atoms with van der Waals surface area (Å²) in [4.78, 5) is 21.2. The summed E-state index contributed by atoms with van der Waals surface area (Å²) in [6.07, 6.45) is -5.08. The minimum Gasteiger partial charge on any atom is -0.475 e. The molecule has 0 atom stereocenters. The first-order valence-electron chi connectivity index (χ1n) is 8.53. The molecule has 0 unspecified atom stereocenters. The van der Waals surface area contributed by atoms with Crippen LogP contribution in [0.15, 0.2) is 60.7 Å². The molecule has 1 amide bonds. The van der Waals surface area contributed by atoms with Crippen LogP contribution in [0.4, 0.5) is 18.9 Å². The molecule has 0 heterocycles. The van der Waals surface area contributed by atoms with Crippen molar-refractivity contribution < 1.29 is 27.9 Å². The van der Waals surface area contributed by atoms with Gasteiger partial charge in [0.1, 0.15) is 5.84 Å². The average molecular weight is 417 g/mol. The molecule has 0 aliphatic heterocycles. The van der Waals surface area contributed by atoms with Gasteiger partial charge < -0.3 is 16.2 Å². The molecule has 0 saturated heterocycles. The zero-order chi connectivity index (χ0) is 22.5. The predicted octanol–water partition coefficient (Wildman–Crippen LogP) is 4.32. The maximum Gasteiger partial charge on any atom is 0.490 e. The van der Waals surface area contributed by atoms with Crippen molar-refractivity contribution in [3.8, 4) is 0 Å². The number of carbonyl (C=O) groups is 2. The van der Waals surface area contributed by atoms with E-state index < -0.39 is 12.1 Å². The molecule has 0 aliphatic carbocycles. The number of carboxylic acids is 1. The number of anilines is 1. The lowest BCUT2D eigenvalue weighted by molar-refractivity contribution is -0.192. The highest BCUT2D eigenvalue weighted by Crippen LogP contribution is 2.19. The van der Waals surface area contributed by atoms with E-state index in [0.717, 1.165) is 22.0 Å². The number of amides is 1. The number of fused-ring (bicyclic) bond motifs is 1. The third kappa shape index (κ3) is 6.06. The quantitative estimate of drug-likeness (QED) is 0.375. The number of nitrogen functional groups attached to an aromatic ring is 1. The SMILES string of the molecule is Cc1ccc(NC(=O)c2ccc3cc(C(=N)N)ccc3c2)cc1.O=C(O)C(F)(F)F. The van der Waals surface area contributed by atoms with Gasteiger partial charge in [0.15, 0.2) is 0 Å². The van der Waals surface area contributed by atoms with Gasteiger partial charge in [0, 0.05) is 16.8 Å². The Balaban J connectivity index is 0.000000396. The van der Waals surface area contributed by atoms with Crippen LogP contribution in [0.5, 0.6) is 0 Å². The van der Waals surface area contributed by atoms with Gasteiger partial charge in [-0.2, -0.15) is 13.2 Å². The maximum atomic E-state index is 12.4. The number of hydrogen-bond donors (Lipinski definition) is 4. The van der Waals surface area contributed by atoms with Crippen LogP contribution >= 0.6 is 0 Å². The predicted molar refractivity (Wildman–Crippen MR) is 108 cm³/mol. The van der Waals surface area contributed by atoms with E-state index >= 15 is 0 Å². The molecule has 156 valence electrons. The van der Waals surface area contributed by atoms with E-state index in [-0.39, 0.29) is 11.7 Å². The number of carbonyl (C=O) groups excluding carboxylic acids is 1. The second-order valence-electron chi connectivity index (χ2n) is 6.31. The zero-order valence-corrected chi connectivity index (χ0v) is 15.7. The maximum absolute atomic E-state index is 12.4. The van der Waals surface area contributed by atoms with Gasteiger partial charge in [-0.15, -0.1) is 0 Å². The third-order valence-corrected chi connectivity index (χ3v) is 3.97. The molecule has 3 aromatic rings. The molecule has 6 nitrogen and oxygen atoms in total. The van der Waals surface area contributed by atoms with Crippen molar-refractivity contribution >= 4 is 34.2 Å². The van der Waals surface area contributed by atoms with Gasteiger partial charge in [0.2, 0.25) is 0 Å². The lowest BCUT2D eigenvalue weighted by Crippen LogP contribution is -2.21. The Labute approximate surface area is 169 Å². The normalized spacial score (nSPS) is 10.7. The molecule has 30 heavy (non-hydrogen) atoms. The fourth-order valence-electron chi connectivity index (χ4n) is 2.39. The monoisotopic (exact) mass is 417 g/mol. The number of aliphatic carboxylic acids is 1. The van der Waals surface area contributed by atoms with E-state index in [9.17, 15) is 18.0 Å². The number of carboxylic acid groups (broad SMARTS) is 1. The van der Waals surface area contributed by atoms with Crippen LogP contribution in [0, 0.1) is 12.3 Å². The van der Waals surface area contributed by atoms with Gasteiger partial charge >= 0.3 is 12.1 Å². The van der Waals surface area contributed by atoms with Crippen LogP contribution in [-0.4, -0.2) is 29.0 Å². The minimum absolute atomic E-state index is 0.0353. The number of aryl methyl sites for hydroxylation is 1. The average Bonchev–Trinajstić information content (AvgIpc) is 2.68. The Kier molecular flexibility index (Phi) is 6.78. The highest BCUT2D eigenvalue weighted by Gasteiger charge is 2.38. The van der Waals surface area contributed by atoms with Gasteiger partial charge in [-0.05, 0) is 48.0 Å². The van der Waals surface area contributed by atoms with E-state index in [0.29, 0.717) is 11.1 Å². The Hall–Kier alpha value is -3.88. The van der Waals surface area contributed by atoms with Crippen molar-refractivity contribution in [3.05, 3.63) is 77.4 Å². The summed E-state index contributed by atoms with van der Waals surface area (Å²) in [7, 11) is 0. The highest BCUT2D eigenvalue weighted by molar-refractivity contribution is 6.07. The van der Waals surface area contributed by atoms with Crippen molar-refractivity contribution in [1.29, 1.82) is 5.41 Å². The Morgan fingerprint density at radius 2 is 1.40 bits per heavy atom. The Morgan fingerprint density at radius 1 is 0.933 bits per heavy atom. The third-order valence-electron chi connectivity index (χ3n) is 3.97. The molecule has 3 rings (SSSR count). The van der Waals surface area contributed by atoms with E-state index in [1.165, 1.54) is 0 Å². The fourth-order valence-corrected chi connectivity index (χ4v) is 2.39. The number of amidine groups is 1.